The van der Waals surface area contributed by atoms with Crippen molar-refractivity contribution >= 4 is 10.0 Å². The van der Waals surface area contributed by atoms with E-state index in [9.17, 15) is 17.2 Å². The Kier molecular flexibility index (Phi) is 5.89. The number of sulfonamides is 1. The van der Waals surface area contributed by atoms with Gasteiger partial charge in [-0.15, -0.1) is 0 Å². The molecule has 0 unspecified atom stereocenters. The summed E-state index contributed by atoms with van der Waals surface area (Å²) in [6, 6.07) is 11.0. The minimum Gasteiger partial charge on any atom is -0.296 e. The largest absolute Gasteiger partial charge is 0.296 e. The summed E-state index contributed by atoms with van der Waals surface area (Å²) in [4.78, 5) is 1.71. The number of halogens is 2. The zero-order valence-corrected chi connectivity index (χ0v) is 17.3. The molecule has 0 aromatic heterocycles. The molecule has 1 aliphatic rings. The molecule has 2 aromatic carbocycles. The van der Waals surface area contributed by atoms with Gasteiger partial charge in [0.15, 0.2) is 0 Å². The molecule has 0 saturated carbocycles. The van der Waals surface area contributed by atoms with Crippen LogP contribution in [0.4, 0.5) is 8.78 Å². The maximum Gasteiger partial charge on any atom is 0.246 e. The topological polar surface area (TPSA) is 40.6 Å². The normalized spacial score (nSPS) is 17.0. The van der Waals surface area contributed by atoms with Crippen molar-refractivity contribution in [2.75, 3.05) is 26.2 Å². The quantitative estimate of drug-likeness (QED) is 0.773. The molecule has 0 aliphatic carbocycles. The second-order valence-corrected chi connectivity index (χ2v) is 10.1. The molecule has 7 heteroatoms. The third-order valence-electron chi connectivity index (χ3n) is 5.07. The van der Waals surface area contributed by atoms with E-state index in [1.54, 1.807) is 0 Å². The van der Waals surface area contributed by atoms with Crippen molar-refractivity contribution < 1.29 is 17.2 Å². The summed E-state index contributed by atoms with van der Waals surface area (Å²) in [5.74, 6) is -1.85. The highest BCUT2D eigenvalue weighted by Gasteiger charge is 2.30. The summed E-state index contributed by atoms with van der Waals surface area (Å²) < 4.78 is 53.6. The van der Waals surface area contributed by atoms with E-state index in [2.05, 4.69) is 49.9 Å². The minimum atomic E-state index is -3.96. The van der Waals surface area contributed by atoms with E-state index in [4.69, 9.17) is 0 Å². The fourth-order valence-corrected chi connectivity index (χ4v) is 4.79. The van der Waals surface area contributed by atoms with Gasteiger partial charge in [0.1, 0.15) is 16.5 Å². The van der Waals surface area contributed by atoms with E-state index in [0.29, 0.717) is 19.2 Å². The molecule has 1 aliphatic heterocycles. The van der Waals surface area contributed by atoms with Gasteiger partial charge in [-0.1, -0.05) is 45.0 Å². The fourth-order valence-electron chi connectivity index (χ4n) is 3.32. The Morgan fingerprint density at radius 3 is 2.07 bits per heavy atom. The first-order chi connectivity index (χ1) is 13.1. The SMILES string of the molecule is CC(C)(C)c1ccc(CN2CCN(S(=O)(=O)c3ccc(F)cc3F)CC2)cc1. The van der Waals surface area contributed by atoms with E-state index >= 15 is 0 Å². The van der Waals surface area contributed by atoms with Crippen molar-refractivity contribution in [2.45, 2.75) is 37.6 Å². The Bertz CT molecular complexity index is 930. The van der Waals surface area contributed by atoms with Crippen molar-refractivity contribution in [2.24, 2.45) is 0 Å². The molecule has 0 bridgehead atoms. The van der Waals surface area contributed by atoms with Crippen LogP contribution in [0.3, 0.4) is 0 Å². The summed E-state index contributed by atoms with van der Waals surface area (Å²) in [6.07, 6.45) is 0. The van der Waals surface area contributed by atoms with Crippen LogP contribution in [-0.4, -0.2) is 43.8 Å². The highest BCUT2D eigenvalue weighted by molar-refractivity contribution is 7.89. The van der Waals surface area contributed by atoms with E-state index in [0.717, 1.165) is 18.7 Å². The summed E-state index contributed by atoms with van der Waals surface area (Å²) >= 11 is 0. The first-order valence-corrected chi connectivity index (χ1v) is 10.8. The Balaban J connectivity index is 1.62. The Morgan fingerprint density at radius 1 is 0.929 bits per heavy atom. The van der Waals surface area contributed by atoms with E-state index in [-0.39, 0.29) is 18.5 Å². The summed E-state index contributed by atoms with van der Waals surface area (Å²) in [5, 5.41) is 0. The van der Waals surface area contributed by atoms with Crippen LogP contribution >= 0.6 is 0 Å². The van der Waals surface area contributed by atoms with Crippen molar-refractivity contribution in [3.05, 3.63) is 65.2 Å². The molecule has 3 rings (SSSR count). The number of piperazine rings is 1. The number of hydrogen-bond donors (Lipinski definition) is 0. The fraction of sp³-hybridized carbons (Fsp3) is 0.429. The third-order valence-corrected chi connectivity index (χ3v) is 7.00. The zero-order valence-electron chi connectivity index (χ0n) is 16.5. The lowest BCUT2D eigenvalue weighted by Gasteiger charge is -2.34. The standard InChI is InChI=1S/C21H26F2N2O2S/c1-21(2,3)17-6-4-16(5-7-17)15-24-10-12-25(13-11-24)28(26,27)20-9-8-18(22)14-19(20)23/h4-9,14H,10-13,15H2,1-3H3. The molecular weight excluding hydrogens is 382 g/mol. The molecule has 4 nitrogen and oxygen atoms in total. The van der Waals surface area contributed by atoms with Crippen molar-refractivity contribution in [1.82, 2.24) is 9.21 Å². The lowest BCUT2D eigenvalue weighted by molar-refractivity contribution is 0.181. The monoisotopic (exact) mass is 408 g/mol. The van der Waals surface area contributed by atoms with Crippen molar-refractivity contribution in [3.8, 4) is 0 Å². The highest BCUT2D eigenvalue weighted by atomic mass is 32.2. The van der Waals surface area contributed by atoms with Crippen molar-refractivity contribution in [1.29, 1.82) is 0 Å². The van der Waals surface area contributed by atoms with Gasteiger partial charge in [0.2, 0.25) is 10.0 Å². The lowest BCUT2D eigenvalue weighted by Crippen LogP contribution is -2.48. The van der Waals surface area contributed by atoms with Crippen LogP contribution in [0, 0.1) is 11.6 Å². The van der Waals surface area contributed by atoms with Gasteiger partial charge in [-0.3, -0.25) is 4.90 Å². The number of hydrogen-bond acceptors (Lipinski definition) is 3. The molecule has 1 saturated heterocycles. The van der Waals surface area contributed by atoms with Crippen LogP contribution in [0.15, 0.2) is 47.4 Å². The second kappa shape index (κ2) is 7.89. The van der Waals surface area contributed by atoms with Crippen LogP contribution in [0.25, 0.3) is 0 Å². The maximum atomic E-state index is 13.9. The smallest absolute Gasteiger partial charge is 0.246 e. The number of nitrogens with zero attached hydrogens (tertiary/aromatic N) is 2. The van der Waals surface area contributed by atoms with Gasteiger partial charge in [0.25, 0.3) is 0 Å². The Hall–Kier alpha value is -1.83. The van der Waals surface area contributed by atoms with E-state index < -0.39 is 26.6 Å². The van der Waals surface area contributed by atoms with Gasteiger partial charge in [-0.05, 0) is 28.7 Å². The molecule has 152 valence electrons. The van der Waals surface area contributed by atoms with Crippen LogP contribution < -0.4 is 0 Å². The van der Waals surface area contributed by atoms with Crippen LogP contribution in [-0.2, 0) is 22.0 Å². The van der Waals surface area contributed by atoms with Gasteiger partial charge >= 0.3 is 0 Å². The Morgan fingerprint density at radius 2 is 1.54 bits per heavy atom. The van der Waals surface area contributed by atoms with Crippen molar-refractivity contribution in [3.63, 3.8) is 0 Å². The predicted octanol–water partition coefficient (Wildman–Crippen LogP) is 3.77. The van der Waals surface area contributed by atoms with Crippen LogP contribution in [0.2, 0.25) is 0 Å². The first-order valence-electron chi connectivity index (χ1n) is 9.34. The molecule has 0 N–H and O–H groups in total. The molecule has 2 aromatic rings. The number of benzene rings is 2. The number of rotatable bonds is 4. The van der Waals surface area contributed by atoms with Crippen LogP contribution in [0.5, 0.6) is 0 Å². The second-order valence-electron chi connectivity index (χ2n) is 8.20. The van der Waals surface area contributed by atoms with Gasteiger partial charge in [-0.25, -0.2) is 17.2 Å². The Labute approximate surface area is 165 Å². The molecule has 0 amide bonds. The summed E-state index contributed by atoms with van der Waals surface area (Å²) in [6.45, 7) is 8.93. The highest BCUT2D eigenvalue weighted by Crippen LogP contribution is 2.24. The van der Waals surface area contributed by atoms with E-state index in [1.807, 2.05) is 0 Å². The molecule has 0 radical (unpaired) electrons. The van der Waals surface area contributed by atoms with Gasteiger partial charge in [0.05, 0.1) is 0 Å². The minimum absolute atomic E-state index is 0.105. The third kappa shape index (κ3) is 4.59. The van der Waals surface area contributed by atoms with Gasteiger partial charge < -0.3 is 0 Å². The van der Waals surface area contributed by atoms with Gasteiger partial charge in [0, 0.05) is 38.8 Å². The first kappa shape index (κ1) is 20.9. The lowest BCUT2D eigenvalue weighted by atomic mass is 9.87. The molecule has 0 spiro atoms. The van der Waals surface area contributed by atoms with Gasteiger partial charge in [-0.2, -0.15) is 4.31 Å². The predicted molar refractivity (Wildman–Crippen MR) is 106 cm³/mol. The van der Waals surface area contributed by atoms with Crippen LogP contribution in [0.1, 0.15) is 31.9 Å². The molecule has 28 heavy (non-hydrogen) atoms. The molecule has 1 fully saturated rings. The van der Waals surface area contributed by atoms with E-state index in [1.165, 1.54) is 15.4 Å². The average Bonchev–Trinajstić information content (AvgIpc) is 2.61. The summed E-state index contributed by atoms with van der Waals surface area (Å²) in [7, 11) is -3.96. The average molecular weight is 409 g/mol. The molecular formula is C21H26F2N2O2S. The molecule has 0 atom stereocenters. The maximum absolute atomic E-state index is 13.9. The molecule has 1 heterocycles. The zero-order chi connectivity index (χ0) is 20.5. The summed E-state index contributed by atoms with van der Waals surface area (Å²) in [5.41, 5.74) is 2.55.